The van der Waals surface area contributed by atoms with Crippen molar-refractivity contribution < 1.29 is 22.7 Å². The topological polar surface area (TPSA) is 77.8 Å². The zero-order valence-electron chi connectivity index (χ0n) is 17.2. The first-order chi connectivity index (χ1) is 14.9. The van der Waals surface area contributed by atoms with Gasteiger partial charge in [0.25, 0.3) is 0 Å². The average molecular weight is 441 g/mol. The Labute approximate surface area is 181 Å². The van der Waals surface area contributed by atoms with Gasteiger partial charge in [-0.1, -0.05) is 54.6 Å². The Morgan fingerprint density at radius 1 is 1.00 bits per heavy atom. The van der Waals surface area contributed by atoms with Gasteiger partial charge >= 0.3 is 5.97 Å². The molecule has 0 unspecified atom stereocenters. The van der Waals surface area contributed by atoms with Crippen LogP contribution in [0.5, 0.6) is 0 Å². The Bertz CT molecular complexity index is 1150. The molecule has 8 heteroatoms. The molecule has 0 amide bonds. The van der Waals surface area contributed by atoms with Gasteiger partial charge in [-0.05, 0) is 22.8 Å². The van der Waals surface area contributed by atoms with Gasteiger partial charge < -0.3 is 14.0 Å². The van der Waals surface area contributed by atoms with Crippen LogP contribution in [-0.4, -0.2) is 49.6 Å². The number of benzene rings is 2. The summed E-state index contributed by atoms with van der Waals surface area (Å²) in [6.07, 6.45) is 1.44. The summed E-state index contributed by atoms with van der Waals surface area (Å²) in [5.74, 6) is -0.571. The lowest BCUT2D eigenvalue weighted by Gasteiger charge is -2.25. The third-order valence-corrected chi connectivity index (χ3v) is 7.09. The van der Waals surface area contributed by atoms with Crippen molar-refractivity contribution in [3.8, 4) is 11.1 Å². The van der Waals surface area contributed by atoms with Crippen molar-refractivity contribution in [3.05, 3.63) is 78.1 Å². The van der Waals surface area contributed by atoms with Crippen molar-refractivity contribution in [2.75, 3.05) is 26.3 Å². The van der Waals surface area contributed by atoms with Crippen LogP contribution in [0.25, 0.3) is 11.1 Å². The lowest BCUT2D eigenvalue weighted by molar-refractivity contribution is 0.0461. The second-order valence-corrected chi connectivity index (χ2v) is 9.27. The van der Waals surface area contributed by atoms with Gasteiger partial charge in [0, 0.05) is 26.3 Å². The molecule has 0 atom stereocenters. The van der Waals surface area contributed by atoms with E-state index in [1.165, 1.54) is 21.1 Å². The molecule has 2 heterocycles. The number of morpholine rings is 1. The van der Waals surface area contributed by atoms with Crippen LogP contribution in [-0.2, 0) is 33.2 Å². The molecule has 1 fully saturated rings. The maximum Gasteiger partial charge on any atom is 0.355 e. The highest BCUT2D eigenvalue weighted by molar-refractivity contribution is 7.89. The summed E-state index contributed by atoms with van der Waals surface area (Å²) in [4.78, 5) is 12.7. The van der Waals surface area contributed by atoms with Crippen LogP contribution >= 0.6 is 0 Å². The fourth-order valence-electron chi connectivity index (χ4n) is 3.46. The minimum Gasteiger partial charge on any atom is -0.456 e. The largest absolute Gasteiger partial charge is 0.456 e. The first-order valence-electron chi connectivity index (χ1n) is 10.0. The predicted octanol–water partition coefficient (Wildman–Crippen LogP) is 3.07. The number of rotatable bonds is 6. The summed E-state index contributed by atoms with van der Waals surface area (Å²) >= 11 is 0. The number of esters is 1. The summed E-state index contributed by atoms with van der Waals surface area (Å²) in [5.41, 5.74) is 3.23. The van der Waals surface area contributed by atoms with E-state index in [1.807, 2.05) is 54.6 Å². The average Bonchev–Trinajstić information content (AvgIpc) is 3.21. The Kier molecular flexibility index (Phi) is 6.22. The van der Waals surface area contributed by atoms with Crippen LogP contribution < -0.4 is 0 Å². The smallest absolute Gasteiger partial charge is 0.355 e. The van der Waals surface area contributed by atoms with Crippen LogP contribution in [0.2, 0.25) is 0 Å². The highest BCUT2D eigenvalue weighted by atomic mass is 32.2. The second-order valence-electron chi connectivity index (χ2n) is 7.33. The minimum absolute atomic E-state index is 0.0797. The van der Waals surface area contributed by atoms with Crippen LogP contribution in [0, 0.1) is 0 Å². The number of aromatic nitrogens is 1. The van der Waals surface area contributed by atoms with Crippen LogP contribution in [0.4, 0.5) is 0 Å². The maximum atomic E-state index is 12.8. The molecule has 0 N–H and O–H groups in total. The Balaban J connectivity index is 1.42. The van der Waals surface area contributed by atoms with E-state index in [-0.39, 0.29) is 17.2 Å². The monoisotopic (exact) mass is 440 g/mol. The SMILES string of the molecule is Cn1cc(S(=O)(=O)N2CCOCC2)cc1C(=O)OCc1ccc(-c2ccccc2)cc1. The molecule has 1 saturated heterocycles. The van der Waals surface area contributed by atoms with E-state index in [9.17, 15) is 13.2 Å². The van der Waals surface area contributed by atoms with Crippen molar-refractivity contribution in [1.82, 2.24) is 8.87 Å². The summed E-state index contributed by atoms with van der Waals surface area (Å²) in [6.45, 7) is 1.44. The highest BCUT2D eigenvalue weighted by Gasteiger charge is 2.29. The van der Waals surface area contributed by atoms with E-state index in [0.717, 1.165) is 16.7 Å². The lowest BCUT2D eigenvalue weighted by Crippen LogP contribution is -2.40. The fraction of sp³-hybridized carbons (Fsp3) is 0.261. The number of sulfonamides is 1. The number of hydrogen-bond acceptors (Lipinski definition) is 5. The molecule has 0 bridgehead atoms. The number of carbonyl (C=O) groups excluding carboxylic acids is 1. The van der Waals surface area contributed by atoms with Crippen molar-refractivity contribution in [2.24, 2.45) is 7.05 Å². The van der Waals surface area contributed by atoms with E-state index >= 15 is 0 Å². The molecule has 1 aliphatic rings. The van der Waals surface area contributed by atoms with Gasteiger partial charge in [-0.3, -0.25) is 0 Å². The fourth-order valence-corrected chi connectivity index (χ4v) is 4.94. The van der Waals surface area contributed by atoms with Gasteiger partial charge in [-0.15, -0.1) is 0 Å². The number of hydrogen-bond donors (Lipinski definition) is 0. The molecular formula is C23H24N2O5S. The maximum absolute atomic E-state index is 12.8. The van der Waals surface area contributed by atoms with Crippen LogP contribution in [0.1, 0.15) is 16.1 Å². The first kappa shape index (κ1) is 21.3. The number of aryl methyl sites for hydroxylation is 1. The highest BCUT2D eigenvalue weighted by Crippen LogP contribution is 2.22. The molecule has 1 aliphatic heterocycles. The van der Waals surface area contributed by atoms with E-state index < -0.39 is 16.0 Å². The van der Waals surface area contributed by atoms with Crippen LogP contribution in [0.3, 0.4) is 0 Å². The molecule has 2 aromatic carbocycles. The van der Waals surface area contributed by atoms with E-state index in [1.54, 1.807) is 7.05 Å². The van der Waals surface area contributed by atoms with Gasteiger partial charge in [-0.2, -0.15) is 4.31 Å². The Hall–Kier alpha value is -2.94. The zero-order valence-corrected chi connectivity index (χ0v) is 18.0. The molecule has 0 spiro atoms. The first-order valence-corrected chi connectivity index (χ1v) is 11.4. The van der Waals surface area contributed by atoms with Gasteiger partial charge in [0.05, 0.1) is 13.2 Å². The zero-order chi connectivity index (χ0) is 21.8. The van der Waals surface area contributed by atoms with Gasteiger partial charge in [0.15, 0.2) is 0 Å². The number of nitrogens with zero attached hydrogens (tertiary/aromatic N) is 2. The molecule has 4 rings (SSSR count). The summed E-state index contributed by atoms with van der Waals surface area (Å²) < 4.78 is 39.1. The number of ether oxygens (including phenoxy) is 2. The summed E-state index contributed by atoms with van der Waals surface area (Å²) in [6, 6.07) is 19.2. The summed E-state index contributed by atoms with van der Waals surface area (Å²) in [7, 11) is -2.04. The molecular weight excluding hydrogens is 416 g/mol. The second kappa shape index (κ2) is 9.05. The number of carbonyl (C=O) groups is 1. The quantitative estimate of drug-likeness (QED) is 0.551. The van der Waals surface area contributed by atoms with Gasteiger partial charge in [-0.25, -0.2) is 13.2 Å². The predicted molar refractivity (Wildman–Crippen MR) is 116 cm³/mol. The normalized spacial score (nSPS) is 15.0. The molecule has 1 aromatic heterocycles. The van der Waals surface area contributed by atoms with Crippen molar-refractivity contribution in [3.63, 3.8) is 0 Å². The standard InChI is InChI=1S/C23H24N2O5S/c1-24-16-21(31(27,28)25-11-13-29-14-12-25)15-22(24)23(26)30-17-18-7-9-20(10-8-18)19-5-3-2-4-6-19/h2-10,15-16H,11-14,17H2,1H3. The molecule has 31 heavy (non-hydrogen) atoms. The van der Waals surface area contributed by atoms with Crippen molar-refractivity contribution in [2.45, 2.75) is 11.5 Å². The Morgan fingerprint density at radius 2 is 1.65 bits per heavy atom. The van der Waals surface area contributed by atoms with Crippen molar-refractivity contribution >= 4 is 16.0 Å². The molecule has 7 nitrogen and oxygen atoms in total. The van der Waals surface area contributed by atoms with E-state index in [2.05, 4.69) is 0 Å². The third kappa shape index (κ3) is 4.71. The Morgan fingerprint density at radius 3 is 2.32 bits per heavy atom. The molecule has 3 aromatic rings. The van der Waals surface area contributed by atoms with Crippen LogP contribution in [0.15, 0.2) is 71.8 Å². The van der Waals surface area contributed by atoms with Gasteiger partial charge in [0.1, 0.15) is 17.2 Å². The third-order valence-electron chi connectivity index (χ3n) is 5.23. The molecule has 0 radical (unpaired) electrons. The van der Waals surface area contributed by atoms with E-state index in [0.29, 0.717) is 26.3 Å². The lowest BCUT2D eigenvalue weighted by atomic mass is 10.0. The summed E-state index contributed by atoms with van der Waals surface area (Å²) in [5, 5.41) is 0. The van der Waals surface area contributed by atoms with Crippen molar-refractivity contribution in [1.29, 1.82) is 0 Å². The van der Waals surface area contributed by atoms with E-state index in [4.69, 9.17) is 9.47 Å². The minimum atomic E-state index is -3.67. The molecule has 0 aliphatic carbocycles. The molecule has 0 saturated carbocycles. The van der Waals surface area contributed by atoms with Gasteiger partial charge in [0.2, 0.25) is 10.0 Å². The molecule has 162 valence electrons.